The van der Waals surface area contributed by atoms with Gasteiger partial charge in [-0.15, -0.1) is 0 Å². The molecule has 0 aliphatic heterocycles. The van der Waals surface area contributed by atoms with Crippen molar-refractivity contribution in [3.8, 4) is 0 Å². The SMILES string of the molecule is CCCCCCCCCCCCCCCC[N+](CC)(CC)c1cccc2ccccc12.[OH-]. The van der Waals surface area contributed by atoms with E-state index in [4.69, 9.17) is 0 Å². The van der Waals surface area contributed by atoms with Gasteiger partial charge in [0, 0.05) is 5.39 Å². The van der Waals surface area contributed by atoms with Crippen LogP contribution in [0.1, 0.15) is 111 Å². The predicted octanol–water partition coefficient (Wildman–Crippen LogP) is 9.49. The van der Waals surface area contributed by atoms with Crippen molar-refractivity contribution < 1.29 is 5.48 Å². The molecular formula is C30H51NO. The molecule has 2 aromatic carbocycles. The van der Waals surface area contributed by atoms with Crippen molar-refractivity contribution in [1.29, 1.82) is 0 Å². The minimum atomic E-state index is 0. The predicted molar refractivity (Wildman–Crippen MR) is 144 cm³/mol. The molecule has 0 amide bonds. The molecule has 0 aromatic heterocycles. The van der Waals surface area contributed by atoms with Crippen LogP contribution in [0.5, 0.6) is 0 Å². The molecule has 1 N–H and O–H groups in total. The van der Waals surface area contributed by atoms with Crippen LogP contribution in [0, 0.1) is 0 Å². The van der Waals surface area contributed by atoms with E-state index in [1.54, 1.807) is 0 Å². The molecule has 0 saturated carbocycles. The minimum Gasteiger partial charge on any atom is -0.870 e. The Bertz CT molecular complexity index is 702. The van der Waals surface area contributed by atoms with Crippen LogP contribution >= 0.6 is 0 Å². The maximum atomic E-state index is 2.37. The van der Waals surface area contributed by atoms with E-state index in [1.807, 2.05) is 0 Å². The van der Waals surface area contributed by atoms with E-state index in [0.29, 0.717) is 0 Å². The fourth-order valence-electron chi connectivity index (χ4n) is 5.23. The average Bonchev–Trinajstić information content (AvgIpc) is 2.82. The van der Waals surface area contributed by atoms with Crippen LogP contribution in [0.15, 0.2) is 42.5 Å². The van der Waals surface area contributed by atoms with Crippen LogP contribution in [0.25, 0.3) is 10.8 Å². The second kappa shape index (κ2) is 17.1. The van der Waals surface area contributed by atoms with Gasteiger partial charge < -0.3 is 5.48 Å². The molecule has 0 radical (unpaired) electrons. The summed E-state index contributed by atoms with van der Waals surface area (Å²) in [6, 6.07) is 15.8. The van der Waals surface area contributed by atoms with E-state index in [1.165, 1.54) is 126 Å². The van der Waals surface area contributed by atoms with Gasteiger partial charge in [0.2, 0.25) is 0 Å². The smallest absolute Gasteiger partial charge is 0.140 e. The average molecular weight is 442 g/mol. The molecule has 2 nitrogen and oxygen atoms in total. The third-order valence-electron chi connectivity index (χ3n) is 7.43. The second-order valence-electron chi connectivity index (χ2n) is 9.60. The van der Waals surface area contributed by atoms with Crippen LogP contribution in [0.2, 0.25) is 0 Å². The first kappa shape index (κ1) is 28.7. The molecule has 0 aliphatic carbocycles. The highest BCUT2D eigenvalue weighted by Gasteiger charge is 2.27. The number of unbranched alkanes of at least 4 members (excludes halogenated alkanes) is 13. The fourth-order valence-corrected chi connectivity index (χ4v) is 5.23. The van der Waals surface area contributed by atoms with Gasteiger partial charge in [-0.3, -0.25) is 4.48 Å². The minimum absolute atomic E-state index is 0. The van der Waals surface area contributed by atoms with E-state index in [2.05, 4.69) is 63.2 Å². The molecule has 0 heterocycles. The molecule has 0 spiro atoms. The second-order valence-corrected chi connectivity index (χ2v) is 9.60. The lowest BCUT2D eigenvalue weighted by atomic mass is 10.0. The van der Waals surface area contributed by atoms with Crippen molar-refractivity contribution in [2.24, 2.45) is 0 Å². The molecule has 2 rings (SSSR count). The van der Waals surface area contributed by atoms with Crippen LogP contribution < -0.4 is 4.48 Å². The summed E-state index contributed by atoms with van der Waals surface area (Å²) >= 11 is 0. The molecule has 0 saturated heterocycles. The normalized spacial score (nSPS) is 11.6. The Hall–Kier alpha value is -1.38. The van der Waals surface area contributed by atoms with E-state index in [-0.39, 0.29) is 5.48 Å². The van der Waals surface area contributed by atoms with E-state index in [0.717, 1.165) is 4.48 Å². The monoisotopic (exact) mass is 441 g/mol. The molecule has 0 bridgehead atoms. The van der Waals surface area contributed by atoms with Gasteiger partial charge in [0.15, 0.2) is 0 Å². The maximum Gasteiger partial charge on any atom is 0.140 e. The number of hydrogen-bond donors (Lipinski definition) is 0. The van der Waals surface area contributed by atoms with Crippen molar-refractivity contribution in [2.45, 2.75) is 111 Å². The molecule has 32 heavy (non-hydrogen) atoms. The van der Waals surface area contributed by atoms with E-state index >= 15 is 0 Å². The number of benzene rings is 2. The zero-order valence-electron chi connectivity index (χ0n) is 21.5. The van der Waals surface area contributed by atoms with Crippen molar-refractivity contribution in [3.05, 3.63) is 42.5 Å². The zero-order valence-corrected chi connectivity index (χ0v) is 21.5. The van der Waals surface area contributed by atoms with Crippen molar-refractivity contribution in [3.63, 3.8) is 0 Å². The molecular weight excluding hydrogens is 390 g/mol. The van der Waals surface area contributed by atoms with Gasteiger partial charge >= 0.3 is 0 Å². The standard InChI is InChI=1S/C30H50N.H2O/c1-4-7-8-9-10-11-12-13-14-15-16-17-18-21-27-31(5-2,6-3)30-26-22-24-28-23-19-20-25-29(28)30;/h19-20,22-26H,4-18,21,27H2,1-3H3;1H2/q+1;/p-1. The summed E-state index contributed by atoms with van der Waals surface area (Å²) in [5, 5.41) is 2.82. The molecule has 182 valence electrons. The lowest BCUT2D eigenvalue weighted by Gasteiger charge is -2.37. The fraction of sp³-hybridized carbons (Fsp3) is 0.667. The summed E-state index contributed by atoms with van der Waals surface area (Å²) in [4.78, 5) is 0. The summed E-state index contributed by atoms with van der Waals surface area (Å²) in [6.45, 7) is 10.7. The van der Waals surface area contributed by atoms with Gasteiger partial charge in [0.25, 0.3) is 0 Å². The van der Waals surface area contributed by atoms with Crippen LogP contribution in [0.3, 0.4) is 0 Å². The quantitative estimate of drug-likeness (QED) is 0.167. The summed E-state index contributed by atoms with van der Waals surface area (Å²) in [5.41, 5.74) is 1.53. The van der Waals surface area contributed by atoms with Crippen molar-refractivity contribution in [2.75, 3.05) is 19.6 Å². The number of nitrogens with zero attached hydrogens (tertiary/aromatic N) is 1. The maximum absolute atomic E-state index is 2.37. The Labute approximate surface area is 199 Å². The highest BCUT2D eigenvalue weighted by molar-refractivity contribution is 5.93. The van der Waals surface area contributed by atoms with E-state index < -0.39 is 0 Å². The highest BCUT2D eigenvalue weighted by Crippen LogP contribution is 2.32. The molecule has 0 unspecified atom stereocenters. The van der Waals surface area contributed by atoms with Crippen molar-refractivity contribution in [1.82, 2.24) is 4.48 Å². The lowest BCUT2D eigenvalue weighted by Crippen LogP contribution is -2.49. The third-order valence-corrected chi connectivity index (χ3v) is 7.43. The van der Waals surface area contributed by atoms with Gasteiger partial charge in [-0.05, 0) is 44.2 Å². The molecule has 0 aliphatic rings. The number of fused-ring (bicyclic) bond motifs is 1. The Balaban J connectivity index is 0.00000512. The Morgan fingerprint density at radius 3 is 1.53 bits per heavy atom. The van der Waals surface area contributed by atoms with Gasteiger partial charge in [-0.25, -0.2) is 0 Å². The van der Waals surface area contributed by atoms with Gasteiger partial charge in [-0.2, -0.15) is 0 Å². The van der Waals surface area contributed by atoms with Gasteiger partial charge in [-0.1, -0.05) is 114 Å². The first-order valence-corrected chi connectivity index (χ1v) is 13.6. The van der Waals surface area contributed by atoms with Crippen LogP contribution in [-0.4, -0.2) is 25.1 Å². The van der Waals surface area contributed by atoms with Crippen LogP contribution in [-0.2, 0) is 0 Å². The van der Waals surface area contributed by atoms with E-state index in [9.17, 15) is 0 Å². The number of rotatable bonds is 18. The molecule has 0 atom stereocenters. The molecule has 0 fully saturated rings. The molecule has 2 aromatic rings. The summed E-state index contributed by atoms with van der Waals surface area (Å²) < 4.78 is 1.12. The Kier molecular flexibility index (Phi) is 15.3. The van der Waals surface area contributed by atoms with Crippen LogP contribution in [0.4, 0.5) is 5.69 Å². The largest absolute Gasteiger partial charge is 0.870 e. The first-order valence-electron chi connectivity index (χ1n) is 13.6. The van der Waals surface area contributed by atoms with Gasteiger partial charge in [0.1, 0.15) is 5.69 Å². The van der Waals surface area contributed by atoms with Crippen molar-refractivity contribution >= 4 is 16.5 Å². The Morgan fingerprint density at radius 1 is 0.531 bits per heavy atom. The summed E-state index contributed by atoms with van der Waals surface area (Å²) in [6.07, 6.45) is 20.0. The lowest BCUT2D eigenvalue weighted by molar-refractivity contribution is 0.294. The zero-order chi connectivity index (χ0) is 22.2. The number of hydrogen-bond acceptors (Lipinski definition) is 1. The van der Waals surface area contributed by atoms with Gasteiger partial charge in [0.05, 0.1) is 19.6 Å². The number of quaternary nitrogens is 1. The Morgan fingerprint density at radius 2 is 1.00 bits per heavy atom. The summed E-state index contributed by atoms with van der Waals surface area (Å²) in [7, 11) is 0. The molecule has 2 heteroatoms. The highest BCUT2D eigenvalue weighted by atomic mass is 16.0. The summed E-state index contributed by atoms with van der Waals surface area (Å²) in [5.74, 6) is 0. The first-order chi connectivity index (χ1) is 15.3. The topological polar surface area (TPSA) is 30.0 Å². The third kappa shape index (κ3) is 9.24.